The number of allylic oxidation sites excluding steroid dienone is 1. The van der Waals surface area contributed by atoms with Gasteiger partial charge in [0.1, 0.15) is 17.5 Å². The molecule has 0 aliphatic heterocycles. The molecule has 2 rings (SSSR count). The summed E-state index contributed by atoms with van der Waals surface area (Å²) in [5.74, 6) is 1.21. The Morgan fingerprint density at radius 3 is 2.41 bits per heavy atom. The lowest BCUT2D eigenvalue weighted by Crippen LogP contribution is -1.99. The van der Waals surface area contributed by atoms with Gasteiger partial charge in [-0.25, -0.2) is 0 Å². The molecule has 0 heterocycles. The molecule has 0 amide bonds. The Morgan fingerprint density at radius 2 is 1.82 bits per heavy atom. The molecule has 0 aliphatic rings. The standard InChI is InChI=1S/C19H20N2O/c1-14(2)16-10-8-15(9-11-16)12-17(13-20)21-18-6-4-5-7-19(18)22-3/h4-12,14,21H,1-3H3/b17-12+. The summed E-state index contributed by atoms with van der Waals surface area (Å²) in [4.78, 5) is 0. The summed E-state index contributed by atoms with van der Waals surface area (Å²) in [5, 5.41) is 12.4. The van der Waals surface area contributed by atoms with Crippen molar-refractivity contribution in [3.63, 3.8) is 0 Å². The molecule has 2 aromatic carbocycles. The Balaban J connectivity index is 2.22. The topological polar surface area (TPSA) is 45.0 Å². The monoisotopic (exact) mass is 292 g/mol. The van der Waals surface area contributed by atoms with E-state index in [4.69, 9.17) is 4.74 Å². The molecule has 1 N–H and O–H groups in total. The molecule has 3 heteroatoms. The Hall–Kier alpha value is -2.73. The maximum atomic E-state index is 9.33. The lowest BCUT2D eigenvalue weighted by molar-refractivity contribution is 0.417. The van der Waals surface area contributed by atoms with Crippen LogP contribution in [0.25, 0.3) is 6.08 Å². The van der Waals surface area contributed by atoms with Crippen molar-refractivity contribution in [2.45, 2.75) is 19.8 Å². The molecule has 0 aromatic heterocycles. The van der Waals surface area contributed by atoms with Gasteiger partial charge in [0, 0.05) is 0 Å². The SMILES string of the molecule is COc1ccccc1N/C(C#N)=C/c1ccc(C(C)C)cc1. The average molecular weight is 292 g/mol. The van der Waals surface area contributed by atoms with Gasteiger partial charge in [-0.2, -0.15) is 5.26 Å². The Kier molecular flexibility index (Phi) is 5.21. The summed E-state index contributed by atoms with van der Waals surface area (Å²) < 4.78 is 5.28. The van der Waals surface area contributed by atoms with Crippen LogP contribution in [0.3, 0.4) is 0 Å². The summed E-state index contributed by atoms with van der Waals surface area (Å²) in [7, 11) is 1.61. The van der Waals surface area contributed by atoms with Crippen LogP contribution in [0.15, 0.2) is 54.2 Å². The molecule has 0 aliphatic carbocycles. The third-order valence-electron chi connectivity index (χ3n) is 3.41. The molecule has 112 valence electrons. The summed E-state index contributed by atoms with van der Waals surface area (Å²) in [5.41, 5.74) is 3.52. The molecule has 0 saturated heterocycles. The van der Waals surface area contributed by atoms with Gasteiger partial charge in [-0.05, 0) is 35.3 Å². The number of rotatable bonds is 5. The van der Waals surface area contributed by atoms with Crippen LogP contribution in [0.5, 0.6) is 5.75 Å². The van der Waals surface area contributed by atoms with Crippen molar-refractivity contribution < 1.29 is 4.74 Å². The molecule has 3 nitrogen and oxygen atoms in total. The Bertz CT molecular complexity index is 694. The zero-order valence-corrected chi connectivity index (χ0v) is 13.1. The van der Waals surface area contributed by atoms with Gasteiger partial charge in [0.15, 0.2) is 0 Å². The van der Waals surface area contributed by atoms with Crippen LogP contribution >= 0.6 is 0 Å². The number of hydrogen-bond donors (Lipinski definition) is 1. The number of methoxy groups -OCH3 is 1. The number of nitrogens with zero attached hydrogens (tertiary/aromatic N) is 1. The number of hydrogen-bond acceptors (Lipinski definition) is 3. The molecule has 0 atom stereocenters. The zero-order valence-electron chi connectivity index (χ0n) is 13.1. The van der Waals surface area contributed by atoms with E-state index in [-0.39, 0.29) is 0 Å². The lowest BCUT2D eigenvalue weighted by atomic mass is 10.0. The smallest absolute Gasteiger partial charge is 0.142 e. The fourth-order valence-corrected chi connectivity index (χ4v) is 2.13. The van der Waals surface area contributed by atoms with Gasteiger partial charge >= 0.3 is 0 Å². The van der Waals surface area contributed by atoms with Gasteiger partial charge in [-0.3, -0.25) is 0 Å². The van der Waals surface area contributed by atoms with E-state index in [0.29, 0.717) is 17.4 Å². The average Bonchev–Trinajstić information content (AvgIpc) is 2.55. The second-order valence-corrected chi connectivity index (χ2v) is 5.32. The van der Waals surface area contributed by atoms with Crippen LogP contribution in [-0.2, 0) is 0 Å². The predicted molar refractivity (Wildman–Crippen MR) is 90.7 cm³/mol. The van der Waals surface area contributed by atoms with Gasteiger partial charge in [-0.1, -0.05) is 50.2 Å². The van der Waals surface area contributed by atoms with E-state index >= 15 is 0 Å². The van der Waals surface area contributed by atoms with Gasteiger partial charge in [-0.15, -0.1) is 0 Å². The zero-order chi connectivity index (χ0) is 15.9. The van der Waals surface area contributed by atoms with Crippen molar-refractivity contribution in [1.82, 2.24) is 0 Å². The fraction of sp³-hybridized carbons (Fsp3) is 0.211. The molecule has 0 saturated carbocycles. The minimum absolute atomic E-state index is 0.474. The molecular weight excluding hydrogens is 272 g/mol. The molecule has 0 fully saturated rings. The van der Waals surface area contributed by atoms with E-state index in [1.807, 2.05) is 42.5 Å². The third-order valence-corrected chi connectivity index (χ3v) is 3.41. The highest BCUT2D eigenvalue weighted by Gasteiger charge is 2.04. The molecule has 0 unspecified atom stereocenters. The van der Waals surface area contributed by atoms with Crippen molar-refractivity contribution in [3.05, 3.63) is 65.4 Å². The quantitative estimate of drug-likeness (QED) is 0.805. The van der Waals surface area contributed by atoms with Gasteiger partial charge in [0.2, 0.25) is 0 Å². The van der Waals surface area contributed by atoms with Crippen molar-refractivity contribution in [2.24, 2.45) is 0 Å². The number of ether oxygens (including phenoxy) is 1. The van der Waals surface area contributed by atoms with E-state index in [1.165, 1.54) is 5.56 Å². The molecular formula is C19H20N2O. The van der Waals surface area contributed by atoms with Gasteiger partial charge in [0.05, 0.1) is 12.8 Å². The predicted octanol–water partition coefficient (Wildman–Crippen LogP) is 4.80. The first-order valence-corrected chi connectivity index (χ1v) is 7.26. The minimum Gasteiger partial charge on any atom is -0.495 e. The lowest BCUT2D eigenvalue weighted by Gasteiger charge is -2.10. The van der Waals surface area contributed by atoms with Crippen molar-refractivity contribution in [2.75, 3.05) is 12.4 Å². The largest absolute Gasteiger partial charge is 0.495 e. The van der Waals surface area contributed by atoms with E-state index in [1.54, 1.807) is 7.11 Å². The molecule has 0 bridgehead atoms. The van der Waals surface area contributed by atoms with E-state index in [2.05, 4.69) is 37.4 Å². The maximum absolute atomic E-state index is 9.33. The summed E-state index contributed by atoms with van der Waals surface area (Å²) in [6, 6.07) is 17.9. The maximum Gasteiger partial charge on any atom is 0.142 e. The summed E-state index contributed by atoms with van der Waals surface area (Å²) in [6.45, 7) is 4.32. The number of benzene rings is 2. The van der Waals surface area contributed by atoms with E-state index < -0.39 is 0 Å². The van der Waals surface area contributed by atoms with E-state index in [0.717, 1.165) is 11.3 Å². The number of nitriles is 1. The Labute approximate surface area is 131 Å². The molecule has 2 aromatic rings. The first kappa shape index (κ1) is 15.7. The van der Waals surface area contributed by atoms with Crippen LogP contribution < -0.4 is 10.1 Å². The second kappa shape index (κ2) is 7.33. The summed E-state index contributed by atoms with van der Waals surface area (Å²) >= 11 is 0. The van der Waals surface area contributed by atoms with Crippen LogP contribution in [0.4, 0.5) is 5.69 Å². The fourth-order valence-electron chi connectivity index (χ4n) is 2.13. The first-order valence-electron chi connectivity index (χ1n) is 7.26. The summed E-state index contributed by atoms with van der Waals surface area (Å²) in [6.07, 6.45) is 1.83. The molecule has 0 radical (unpaired) electrons. The second-order valence-electron chi connectivity index (χ2n) is 5.32. The van der Waals surface area contributed by atoms with Crippen LogP contribution in [0.2, 0.25) is 0 Å². The van der Waals surface area contributed by atoms with Gasteiger partial charge < -0.3 is 10.1 Å². The Morgan fingerprint density at radius 1 is 1.14 bits per heavy atom. The van der Waals surface area contributed by atoms with Crippen LogP contribution in [-0.4, -0.2) is 7.11 Å². The minimum atomic E-state index is 0.474. The molecule has 22 heavy (non-hydrogen) atoms. The van der Waals surface area contributed by atoms with Crippen molar-refractivity contribution in [3.8, 4) is 11.8 Å². The number of nitrogens with one attached hydrogen (secondary N) is 1. The van der Waals surface area contributed by atoms with Crippen molar-refractivity contribution >= 4 is 11.8 Å². The van der Waals surface area contributed by atoms with E-state index in [9.17, 15) is 5.26 Å². The number of para-hydroxylation sites is 2. The highest BCUT2D eigenvalue weighted by molar-refractivity contribution is 5.67. The van der Waals surface area contributed by atoms with Crippen LogP contribution in [0, 0.1) is 11.3 Å². The van der Waals surface area contributed by atoms with Crippen LogP contribution in [0.1, 0.15) is 30.9 Å². The normalized spacial score (nSPS) is 11.1. The molecule has 0 spiro atoms. The highest BCUT2D eigenvalue weighted by Crippen LogP contribution is 2.25. The first-order chi connectivity index (χ1) is 10.6. The third kappa shape index (κ3) is 3.89. The number of anilines is 1. The van der Waals surface area contributed by atoms with Gasteiger partial charge in [0.25, 0.3) is 0 Å². The van der Waals surface area contributed by atoms with Crippen molar-refractivity contribution in [1.29, 1.82) is 5.26 Å². The highest BCUT2D eigenvalue weighted by atomic mass is 16.5.